The lowest BCUT2D eigenvalue weighted by atomic mass is 10.1. The van der Waals surface area contributed by atoms with Crippen LogP contribution in [0.3, 0.4) is 0 Å². The molecule has 1 aliphatic heterocycles. The van der Waals surface area contributed by atoms with Crippen molar-refractivity contribution in [1.82, 2.24) is 0 Å². The zero-order chi connectivity index (χ0) is 11.0. The van der Waals surface area contributed by atoms with Crippen molar-refractivity contribution < 1.29 is 14.0 Å². The fourth-order valence-corrected chi connectivity index (χ4v) is 2.02. The number of aryl methyl sites for hydroxylation is 1. The summed E-state index contributed by atoms with van der Waals surface area (Å²) in [6.45, 7) is 3.56. The minimum Gasteiger partial charge on any atom is -0.454 e. The van der Waals surface area contributed by atoms with E-state index in [0.717, 1.165) is 24.5 Å². The first-order chi connectivity index (χ1) is 7.86. The van der Waals surface area contributed by atoms with Gasteiger partial charge in [-0.1, -0.05) is 6.92 Å². The van der Waals surface area contributed by atoms with Crippen molar-refractivity contribution in [2.24, 2.45) is 0 Å². The summed E-state index contributed by atoms with van der Waals surface area (Å²) in [5.41, 5.74) is 0. The molecule has 2 heterocycles. The molecule has 0 saturated carbocycles. The third kappa shape index (κ3) is 1.48. The Morgan fingerprint density at radius 1 is 1.19 bits per heavy atom. The van der Waals surface area contributed by atoms with E-state index in [0.29, 0.717) is 6.79 Å². The zero-order valence-corrected chi connectivity index (χ0v) is 9.27. The maximum atomic E-state index is 5.37. The number of pyridine rings is 1. The van der Waals surface area contributed by atoms with Gasteiger partial charge in [0.15, 0.2) is 23.9 Å². The highest BCUT2D eigenvalue weighted by molar-refractivity contribution is 5.84. The van der Waals surface area contributed by atoms with Gasteiger partial charge < -0.3 is 9.47 Å². The molecule has 0 atom stereocenters. The summed E-state index contributed by atoms with van der Waals surface area (Å²) in [5.74, 6) is 1.70. The second kappa shape index (κ2) is 3.67. The van der Waals surface area contributed by atoms with Crippen LogP contribution in [0, 0.1) is 0 Å². The van der Waals surface area contributed by atoms with Crippen LogP contribution in [0.4, 0.5) is 0 Å². The number of hydrogen-bond acceptors (Lipinski definition) is 2. The largest absolute Gasteiger partial charge is 0.454 e. The van der Waals surface area contributed by atoms with Crippen molar-refractivity contribution in [3.63, 3.8) is 0 Å². The van der Waals surface area contributed by atoms with Crippen LogP contribution in [0.2, 0.25) is 0 Å². The lowest BCUT2D eigenvalue weighted by molar-refractivity contribution is -0.695. The van der Waals surface area contributed by atoms with Crippen molar-refractivity contribution >= 4 is 10.8 Å². The Kier molecular flexibility index (Phi) is 2.17. The topological polar surface area (TPSA) is 22.3 Å². The fraction of sp³-hybridized carbons (Fsp3) is 0.308. The minimum absolute atomic E-state index is 0.334. The van der Waals surface area contributed by atoms with Crippen LogP contribution >= 0.6 is 0 Å². The third-order valence-electron chi connectivity index (χ3n) is 2.81. The molecule has 0 fully saturated rings. The molecule has 0 amide bonds. The van der Waals surface area contributed by atoms with Crippen LogP contribution in [-0.4, -0.2) is 6.79 Å². The van der Waals surface area contributed by atoms with Crippen LogP contribution < -0.4 is 14.0 Å². The summed E-state index contributed by atoms with van der Waals surface area (Å²) >= 11 is 0. The minimum atomic E-state index is 0.334. The molecule has 16 heavy (non-hydrogen) atoms. The molecule has 0 radical (unpaired) electrons. The van der Waals surface area contributed by atoms with Gasteiger partial charge in [0.1, 0.15) is 6.54 Å². The summed E-state index contributed by atoms with van der Waals surface area (Å²) in [5, 5.41) is 2.39. The van der Waals surface area contributed by atoms with Gasteiger partial charge in [-0.3, -0.25) is 0 Å². The predicted molar refractivity (Wildman–Crippen MR) is 60.6 cm³/mol. The van der Waals surface area contributed by atoms with Gasteiger partial charge in [-0.25, -0.2) is 4.57 Å². The van der Waals surface area contributed by atoms with E-state index >= 15 is 0 Å². The van der Waals surface area contributed by atoms with Crippen LogP contribution in [0.1, 0.15) is 13.3 Å². The molecule has 0 bridgehead atoms. The Morgan fingerprint density at radius 2 is 1.94 bits per heavy atom. The normalized spacial score (nSPS) is 13.3. The van der Waals surface area contributed by atoms with E-state index in [2.05, 4.69) is 30.0 Å². The lowest BCUT2D eigenvalue weighted by Crippen LogP contribution is -2.32. The lowest BCUT2D eigenvalue weighted by Gasteiger charge is -2.00. The first-order valence-electron chi connectivity index (χ1n) is 5.59. The standard InChI is InChI=1S/C13H14NO2/c1-2-4-14-5-3-10-6-12-13(16-9-15-12)7-11(10)8-14/h3,5-8H,2,4,9H2,1H3/q+1. The van der Waals surface area contributed by atoms with Crippen molar-refractivity contribution in [2.45, 2.75) is 19.9 Å². The quantitative estimate of drug-likeness (QED) is 0.718. The van der Waals surface area contributed by atoms with E-state index in [9.17, 15) is 0 Å². The van der Waals surface area contributed by atoms with Crippen LogP contribution in [0.15, 0.2) is 30.6 Å². The third-order valence-corrected chi connectivity index (χ3v) is 2.81. The summed E-state index contributed by atoms with van der Waals surface area (Å²) in [6, 6.07) is 6.20. The van der Waals surface area contributed by atoms with E-state index in [1.54, 1.807) is 0 Å². The number of rotatable bonds is 2. The first-order valence-corrected chi connectivity index (χ1v) is 5.59. The molecule has 0 saturated heterocycles. The van der Waals surface area contributed by atoms with Crippen molar-refractivity contribution in [1.29, 1.82) is 0 Å². The Labute approximate surface area is 94.2 Å². The molecule has 3 nitrogen and oxygen atoms in total. The van der Waals surface area contributed by atoms with Crippen LogP contribution in [0.5, 0.6) is 11.5 Å². The van der Waals surface area contributed by atoms with E-state index in [4.69, 9.17) is 9.47 Å². The van der Waals surface area contributed by atoms with Crippen molar-refractivity contribution in [2.75, 3.05) is 6.79 Å². The van der Waals surface area contributed by atoms with Crippen molar-refractivity contribution in [3.8, 4) is 11.5 Å². The summed E-state index contributed by atoms with van der Waals surface area (Å²) in [7, 11) is 0. The second-order valence-corrected chi connectivity index (χ2v) is 4.02. The Balaban J connectivity index is 2.13. The molecular formula is C13H14NO2+. The number of fused-ring (bicyclic) bond motifs is 2. The average molecular weight is 216 g/mol. The Hall–Kier alpha value is -1.77. The van der Waals surface area contributed by atoms with Gasteiger partial charge in [-0.15, -0.1) is 0 Å². The molecule has 0 N–H and O–H groups in total. The summed E-state index contributed by atoms with van der Waals surface area (Å²) in [4.78, 5) is 0. The van der Waals surface area contributed by atoms with Gasteiger partial charge in [0.2, 0.25) is 6.79 Å². The van der Waals surface area contributed by atoms with Gasteiger partial charge in [0, 0.05) is 17.9 Å². The van der Waals surface area contributed by atoms with Gasteiger partial charge in [0.25, 0.3) is 0 Å². The fourth-order valence-electron chi connectivity index (χ4n) is 2.02. The molecule has 3 heteroatoms. The van der Waals surface area contributed by atoms with E-state index in [1.807, 2.05) is 12.1 Å². The zero-order valence-electron chi connectivity index (χ0n) is 9.27. The summed E-state index contributed by atoms with van der Waals surface area (Å²) in [6.07, 6.45) is 5.40. The van der Waals surface area contributed by atoms with E-state index < -0.39 is 0 Å². The molecule has 3 rings (SSSR count). The van der Waals surface area contributed by atoms with E-state index in [1.165, 1.54) is 10.8 Å². The van der Waals surface area contributed by atoms with Crippen LogP contribution in [0.25, 0.3) is 10.8 Å². The van der Waals surface area contributed by atoms with Gasteiger partial charge >= 0.3 is 0 Å². The molecule has 2 aromatic rings. The SMILES string of the molecule is CCC[n+]1ccc2cc3c(cc2c1)OCO3. The number of benzene rings is 1. The predicted octanol–water partition coefficient (Wildman–Crippen LogP) is 2.27. The monoisotopic (exact) mass is 216 g/mol. The highest BCUT2D eigenvalue weighted by atomic mass is 16.7. The molecule has 0 aliphatic carbocycles. The second-order valence-electron chi connectivity index (χ2n) is 4.02. The number of aromatic nitrogens is 1. The number of nitrogens with zero attached hydrogens (tertiary/aromatic N) is 1. The average Bonchev–Trinajstić information content (AvgIpc) is 2.73. The maximum Gasteiger partial charge on any atom is 0.231 e. The Morgan fingerprint density at radius 3 is 2.69 bits per heavy atom. The van der Waals surface area contributed by atoms with Crippen molar-refractivity contribution in [3.05, 3.63) is 30.6 Å². The molecule has 1 aromatic heterocycles. The molecule has 0 spiro atoms. The van der Waals surface area contributed by atoms with E-state index in [-0.39, 0.29) is 0 Å². The highest BCUT2D eigenvalue weighted by Gasteiger charge is 2.15. The molecule has 0 unspecified atom stereocenters. The number of hydrogen-bond donors (Lipinski definition) is 0. The maximum absolute atomic E-state index is 5.37. The Bertz CT molecular complexity index is 537. The highest BCUT2D eigenvalue weighted by Crippen LogP contribution is 2.35. The van der Waals surface area contributed by atoms with Gasteiger partial charge in [0.05, 0.1) is 0 Å². The van der Waals surface area contributed by atoms with Crippen LogP contribution in [-0.2, 0) is 6.54 Å². The van der Waals surface area contributed by atoms with Gasteiger partial charge in [-0.05, 0) is 17.5 Å². The molecule has 1 aliphatic rings. The first kappa shape index (κ1) is 9.46. The summed E-state index contributed by atoms with van der Waals surface area (Å²) < 4.78 is 12.9. The smallest absolute Gasteiger partial charge is 0.231 e. The van der Waals surface area contributed by atoms with Gasteiger partial charge in [-0.2, -0.15) is 0 Å². The molecule has 1 aromatic carbocycles. The molecular weight excluding hydrogens is 202 g/mol. The number of ether oxygens (including phenoxy) is 2. The molecule has 82 valence electrons.